The van der Waals surface area contributed by atoms with Gasteiger partial charge < -0.3 is 5.32 Å². The largest absolute Gasteiger partial charge is 0.314 e. The first-order valence-electron chi connectivity index (χ1n) is 7.37. The summed E-state index contributed by atoms with van der Waals surface area (Å²) >= 11 is 0. The molecule has 0 aliphatic rings. The number of hydrogen-bond donors (Lipinski definition) is 1. The SMILES string of the molecule is CCCNC(C)C(c1c(C)cccc1[N+](=O)[O-])C(C)C. The summed E-state index contributed by atoms with van der Waals surface area (Å²) in [6, 6.07) is 5.56. The van der Waals surface area contributed by atoms with Gasteiger partial charge in [0.15, 0.2) is 0 Å². The van der Waals surface area contributed by atoms with Crippen LogP contribution in [0.5, 0.6) is 0 Å². The van der Waals surface area contributed by atoms with E-state index >= 15 is 0 Å². The summed E-state index contributed by atoms with van der Waals surface area (Å²) in [5, 5.41) is 14.8. The number of nitrogens with one attached hydrogen (secondary N) is 1. The lowest BCUT2D eigenvalue weighted by atomic mass is 9.80. The highest BCUT2D eigenvalue weighted by Gasteiger charge is 2.30. The zero-order valence-electron chi connectivity index (χ0n) is 13.1. The first-order chi connectivity index (χ1) is 9.40. The highest BCUT2D eigenvalue weighted by atomic mass is 16.6. The third-order valence-electron chi connectivity index (χ3n) is 3.80. The van der Waals surface area contributed by atoms with Crippen molar-refractivity contribution in [3.8, 4) is 0 Å². The monoisotopic (exact) mass is 278 g/mol. The van der Waals surface area contributed by atoms with Crippen LogP contribution in [0.3, 0.4) is 0 Å². The van der Waals surface area contributed by atoms with Crippen LogP contribution in [0.1, 0.15) is 51.2 Å². The van der Waals surface area contributed by atoms with Crippen molar-refractivity contribution in [2.24, 2.45) is 5.92 Å². The van der Waals surface area contributed by atoms with E-state index in [1.807, 2.05) is 13.0 Å². The van der Waals surface area contributed by atoms with Crippen LogP contribution < -0.4 is 5.32 Å². The van der Waals surface area contributed by atoms with Crippen molar-refractivity contribution in [2.45, 2.75) is 53.0 Å². The fourth-order valence-corrected chi connectivity index (χ4v) is 2.92. The molecule has 0 spiro atoms. The molecule has 4 heteroatoms. The minimum absolute atomic E-state index is 0.142. The van der Waals surface area contributed by atoms with Gasteiger partial charge in [-0.2, -0.15) is 0 Å². The molecule has 0 radical (unpaired) electrons. The maximum Gasteiger partial charge on any atom is 0.273 e. The number of nitro benzene ring substituents is 1. The van der Waals surface area contributed by atoms with Gasteiger partial charge in [-0.05, 0) is 38.3 Å². The lowest BCUT2D eigenvalue weighted by molar-refractivity contribution is -0.385. The summed E-state index contributed by atoms with van der Waals surface area (Å²) in [6.45, 7) is 11.4. The van der Waals surface area contributed by atoms with Gasteiger partial charge in [0, 0.05) is 23.6 Å². The quantitative estimate of drug-likeness (QED) is 0.605. The number of rotatable bonds is 7. The van der Waals surface area contributed by atoms with Crippen molar-refractivity contribution < 1.29 is 4.92 Å². The minimum Gasteiger partial charge on any atom is -0.314 e. The molecule has 0 heterocycles. The average Bonchev–Trinajstić information content (AvgIpc) is 2.37. The van der Waals surface area contributed by atoms with Crippen LogP contribution in [0.15, 0.2) is 18.2 Å². The number of benzene rings is 1. The van der Waals surface area contributed by atoms with Crippen molar-refractivity contribution in [3.63, 3.8) is 0 Å². The number of aryl methyl sites for hydroxylation is 1. The van der Waals surface area contributed by atoms with Gasteiger partial charge in [-0.1, -0.05) is 32.9 Å². The Hall–Kier alpha value is -1.42. The molecule has 1 N–H and O–H groups in total. The summed E-state index contributed by atoms with van der Waals surface area (Å²) in [6.07, 6.45) is 1.06. The zero-order valence-corrected chi connectivity index (χ0v) is 13.1. The maximum atomic E-state index is 11.3. The lowest BCUT2D eigenvalue weighted by Crippen LogP contribution is -2.35. The molecule has 0 fully saturated rings. The minimum atomic E-state index is -0.260. The Morgan fingerprint density at radius 2 is 1.95 bits per heavy atom. The Balaban J connectivity index is 3.24. The van der Waals surface area contributed by atoms with Crippen LogP contribution >= 0.6 is 0 Å². The number of hydrogen-bond acceptors (Lipinski definition) is 3. The zero-order chi connectivity index (χ0) is 15.3. The molecule has 1 rings (SSSR count). The van der Waals surface area contributed by atoms with E-state index in [0.717, 1.165) is 24.1 Å². The van der Waals surface area contributed by atoms with Gasteiger partial charge in [0.25, 0.3) is 5.69 Å². The molecule has 0 aliphatic carbocycles. The van der Waals surface area contributed by atoms with Crippen LogP contribution in [-0.4, -0.2) is 17.5 Å². The summed E-state index contributed by atoms with van der Waals surface area (Å²) in [7, 11) is 0. The second kappa shape index (κ2) is 7.39. The van der Waals surface area contributed by atoms with Crippen molar-refractivity contribution in [3.05, 3.63) is 39.4 Å². The molecular weight excluding hydrogens is 252 g/mol. The third kappa shape index (κ3) is 3.79. The molecule has 1 aromatic carbocycles. The van der Waals surface area contributed by atoms with Crippen LogP contribution in [0.25, 0.3) is 0 Å². The Morgan fingerprint density at radius 1 is 1.30 bits per heavy atom. The van der Waals surface area contributed by atoms with E-state index in [2.05, 4.69) is 33.0 Å². The molecule has 0 bridgehead atoms. The van der Waals surface area contributed by atoms with Gasteiger partial charge in [0.1, 0.15) is 0 Å². The molecule has 0 saturated heterocycles. The Labute approximate surface area is 121 Å². The average molecular weight is 278 g/mol. The van der Waals surface area contributed by atoms with Gasteiger partial charge in [-0.25, -0.2) is 0 Å². The predicted molar refractivity (Wildman–Crippen MR) is 83.2 cm³/mol. The highest BCUT2D eigenvalue weighted by Crippen LogP contribution is 2.36. The van der Waals surface area contributed by atoms with E-state index in [4.69, 9.17) is 0 Å². The van der Waals surface area contributed by atoms with Crippen LogP contribution in [0.4, 0.5) is 5.69 Å². The molecule has 2 unspecified atom stereocenters. The van der Waals surface area contributed by atoms with Crippen LogP contribution in [0.2, 0.25) is 0 Å². The standard InChI is InChI=1S/C16H26N2O2/c1-6-10-17-13(5)15(11(2)3)16-12(4)8-7-9-14(16)18(19)20/h7-9,11,13,15,17H,6,10H2,1-5H3. The molecule has 4 nitrogen and oxygen atoms in total. The normalized spacial score (nSPS) is 14.3. The van der Waals surface area contributed by atoms with Gasteiger partial charge in [-0.3, -0.25) is 10.1 Å². The van der Waals surface area contributed by atoms with Crippen molar-refractivity contribution in [2.75, 3.05) is 6.54 Å². The van der Waals surface area contributed by atoms with Gasteiger partial charge >= 0.3 is 0 Å². The molecule has 0 aliphatic heterocycles. The molecule has 0 saturated carbocycles. The third-order valence-corrected chi connectivity index (χ3v) is 3.80. The maximum absolute atomic E-state index is 11.3. The Morgan fingerprint density at radius 3 is 2.45 bits per heavy atom. The topological polar surface area (TPSA) is 55.2 Å². The molecule has 2 atom stereocenters. The first kappa shape index (κ1) is 16.6. The second-order valence-electron chi connectivity index (χ2n) is 5.78. The van der Waals surface area contributed by atoms with E-state index in [1.54, 1.807) is 12.1 Å². The molecule has 1 aromatic rings. The first-order valence-corrected chi connectivity index (χ1v) is 7.37. The van der Waals surface area contributed by atoms with Gasteiger partial charge in [0.05, 0.1) is 4.92 Å². The highest BCUT2D eigenvalue weighted by molar-refractivity contribution is 5.48. The second-order valence-corrected chi connectivity index (χ2v) is 5.78. The lowest BCUT2D eigenvalue weighted by Gasteiger charge is -2.29. The smallest absolute Gasteiger partial charge is 0.273 e. The molecule has 20 heavy (non-hydrogen) atoms. The van der Waals surface area contributed by atoms with Crippen molar-refractivity contribution in [1.29, 1.82) is 0 Å². The van der Waals surface area contributed by atoms with Gasteiger partial charge in [0.2, 0.25) is 0 Å². The summed E-state index contributed by atoms with van der Waals surface area (Å²) in [5.41, 5.74) is 2.13. The van der Waals surface area contributed by atoms with E-state index in [-0.39, 0.29) is 22.6 Å². The predicted octanol–water partition coefficient (Wildman–Crippen LogP) is 4.03. The number of nitrogens with zero attached hydrogens (tertiary/aromatic N) is 1. The van der Waals surface area contributed by atoms with Crippen LogP contribution in [0, 0.1) is 23.0 Å². The van der Waals surface area contributed by atoms with E-state index in [9.17, 15) is 10.1 Å². The van der Waals surface area contributed by atoms with E-state index < -0.39 is 0 Å². The Bertz CT molecular complexity index is 458. The molecule has 0 aromatic heterocycles. The van der Waals surface area contributed by atoms with E-state index in [0.29, 0.717) is 5.92 Å². The summed E-state index contributed by atoms with van der Waals surface area (Å²) in [4.78, 5) is 11.1. The van der Waals surface area contributed by atoms with Crippen LogP contribution in [-0.2, 0) is 0 Å². The number of nitro groups is 1. The summed E-state index contributed by atoms with van der Waals surface area (Å²) in [5.74, 6) is 0.484. The van der Waals surface area contributed by atoms with Gasteiger partial charge in [-0.15, -0.1) is 0 Å². The van der Waals surface area contributed by atoms with E-state index in [1.165, 1.54) is 0 Å². The summed E-state index contributed by atoms with van der Waals surface area (Å²) < 4.78 is 0. The fraction of sp³-hybridized carbons (Fsp3) is 0.625. The molecular formula is C16H26N2O2. The Kier molecular flexibility index (Phi) is 6.14. The fourth-order valence-electron chi connectivity index (χ4n) is 2.92. The molecule has 0 amide bonds. The van der Waals surface area contributed by atoms with Crippen molar-refractivity contribution >= 4 is 5.69 Å². The van der Waals surface area contributed by atoms with Crippen molar-refractivity contribution in [1.82, 2.24) is 5.32 Å². The molecule has 112 valence electrons.